The Kier molecular flexibility index (Phi) is 4.75. The van der Waals surface area contributed by atoms with Crippen LogP contribution in [-0.4, -0.2) is 21.5 Å². The van der Waals surface area contributed by atoms with Crippen molar-refractivity contribution >= 4 is 28.4 Å². The summed E-state index contributed by atoms with van der Waals surface area (Å²) in [7, 11) is 0. The number of aryl methyl sites for hydroxylation is 2. The molecule has 27 heavy (non-hydrogen) atoms. The van der Waals surface area contributed by atoms with Crippen LogP contribution in [0.2, 0.25) is 0 Å². The predicted octanol–water partition coefficient (Wildman–Crippen LogP) is 4.97. The summed E-state index contributed by atoms with van der Waals surface area (Å²) in [6, 6.07) is 18.5. The fraction of sp³-hybridized carbons (Fsp3) is 0.182. The molecule has 2 heterocycles. The summed E-state index contributed by atoms with van der Waals surface area (Å²) < 4.78 is 0. The highest BCUT2D eigenvalue weighted by Gasteiger charge is 2.06. The van der Waals surface area contributed by atoms with E-state index in [2.05, 4.69) is 69.0 Å². The molecule has 5 nitrogen and oxygen atoms in total. The molecule has 0 aliphatic carbocycles. The van der Waals surface area contributed by atoms with Gasteiger partial charge in [0.1, 0.15) is 5.82 Å². The summed E-state index contributed by atoms with van der Waals surface area (Å²) in [6.07, 6.45) is 2.98. The predicted molar refractivity (Wildman–Crippen MR) is 112 cm³/mol. The van der Waals surface area contributed by atoms with E-state index in [9.17, 15) is 0 Å². The first kappa shape index (κ1) is 17.1. The summed E-state index contributed by atoms with van der Waals surface area (Å²) in [5, 5.41) is 8.01. The number of para-hydroxylation sites is 2. The van der Waals surface area contributed by atoms with Crippen LogP contribution in [0.25, 0.3) is 10.9 Å². The Morgan fingerprint density at radius 1 is 0.963 bits per heavy atom. The smallest absolute Gasteiger partial charge is 0.224 e. The second-order valence-electron chi connectivity index (χ2n) is 6.69. The molecule has 0 saturated carbocycles. The summed E-state index contributed by atoms with van der Waals surface area (Å²) in [4.78, 5) is 12.4. The van der Waals surface area contributed by atoms with Crippen molar-refractivity contribution in [1.82, 2.24) is 15.0 Å². The van der Waals surface area contributed by atoms with E-state index >= 15 is 0 Å². The van der Waals surface area contributed by atoms with E-state index in [1.165, 1.54) is 22.0 Å². The molecular weight excluding hydrogens is 334 g/mol. The topological polar surface area (TPSA) is 65.6 Å². The van der Waals surface area contributed by atoms with Crippen molar-refractivity contribution in [2.45, 2.75) is 20.3 Å². The molecule has 5 heteroatoms. The van der Waals surface area contributed by atoms with Crippen LogP contribution in [0.5, 0.6) is 0 Å². The van der Waals surface area contributed by atoms with E-state index in [-0.39, 0.29) is 0 Å². The molecule has 136 valence electrons. The summed E-state index contributed by atoms with van der Waals surface area (Å²) in [6.45, 7) is 4.83. The largest absolute Gasteiger partial charge is 0.361 e. The minimum Gasteiger partial charge on any atom is -0.361 e. The number of aromatic nitrogens is 3. The summed E-state index contributed by atoms with van der Waals surface area (Å²) in [5.41, 5.74) is 5.63. The molecule has 4 aromatic rings. The first-order valence-electron chi connectivity index (χ1n) is 9.16. The number of nitrogens with one attached hydrogen (secondary N) is 3. The molecule has 0 spiro atoms. The van der Waals surface area contributed by atoms with E-state index in [4.69, 9.17) is 0 Å². The Labute approximate surface area is 158 Å². The van der Waals surface area contributed by atoms with E-state index in [1.807, 2.05) is 31.2 Å². The van der Waals surface area contributed by atoms with Crippen LogP contribution < -0.4 is 10.6 Å². The standard InChI is InChI=1S/C22H23N5/c1-15-7-3-5-9-19(15)26-21-13-16(2)25-22(27-21)23-12-11-17-14-24-20-10-6-4-8-18(17)20/h3-10,13-14,24H,11-12H2,1-2H3,(H2,23,25,26,27). The zero-order valence-corrected chi connectivity index (χ0v) is 15.6. The molecule has 0 aliphatic rings. The third-order valence-electron chi connectivity index (χ3n) is 4.61. The van der Waals surface area contributed by atoms with Crippen molar-refractivity contribution in [3.63, 3.8) is 0 Å². The second-order valence-corrected chi connectivity index (χ2v) is 6.69. The van der Waals surface area contributed by atoms with Gasteiger partial charge in [-0.05, 0) is 43.5 Å². The Balaban J connectivity index is 1.44. The van der Waals surface area contributed by atoms with Gasteiger partial charge >= 0.3 is 0 Å². The van der Waals surface area contributed by atoms with Gasteiger partial charge in [0.2, 0.25) is 5.95 Å². The molecule has 0 atom stereocenters. The molecule has 0 fully saturated rings. The first-order valence-corrected chi connectivity index (χ1v) is 9.16. The number of aromatic amines is 1. The molecule has 2 aromatic heterocycles. The maximum Gasteiger partial charge on any atom is 0.224 e. The number of rotatable bonds is 6. The van der Waals surface area contributed by atoms with Crippen LogP contribution in [0.3, 0.4) is 0 Å². The van der Waals surface area contributed by atoms with Crippen LogP contribution in [0, 0.1) is 13.8 Å². The van der Waals surface area contributed by atoms with Gasteiger partial charge in [-0.3, -0.25) is 0 Å². The van der Waals surface area contributed by atoms with Crippen LogP contribution in [0.1, 0.15) is 16.8 Å². The highest BCUT2D eigenvalue weighted by molar-refractivity contribution is 5.83. The SMILES string of the molecule is Cc1cc(Nc2ccccc2C)nc(NCCc2c[nH]c3ccccc23)n1. The van der Waals surface area contributed by atoms with Crippen molar-refractivity contribution in [2.24, 2.45) is 0 Å². The molecule has 0 bridgehead atoms. The lowest BCUT2D eigenvalue weighted by Crippen LogP contribution is -2.09. The fourth-order valence-electron chi connectivity index (χ4n) is 3.21. The van der Waals surface area contributed by atoms with E-state index in [1.54, 1.807) is 0 Å². The second kappa shape index (κ2) is 7.50. The number of benzene rings is 2. The normalized spacial score (nSPS) is 10.9. The van der Waals surface area contributed by atoms with Gasteiger partial charge in [0.15, 0.2) is 0 Å². The van der Waals surface area contributed by atoms with Crippen molar-refractivity contribution in [2.75, 3.05) is 17.2 Å². The van der Waals surface area contributed by atoms with Crippen molar-refractivity contribution in [3.8, 4) is 0 Å². The lowest BCUT2D eigenvalue weighted by atomic mass is 10.1. The minimum atomic E-state index is 0.644. The zero-order chi connectivity index (χ0) is 18.6. The maximum atomic E-state index is 4.61. The number of hydrogen-bond donors (Lipinski definition) is 3. The van der Waals surface area contributed by atoms with Crippen molar-refractivity contribution in [3.05, 3.63) is 77.6 Å². The molecule has 0 radical (unpaired) electrons. The first-order chi connectivity index (χ1) is 13.2. The van der Waals surface area contributed by atoms with Gasteiger partial charge in [0, 0.05) is 41.1 Å². The quantitative estimate of drug-likeness (QED) is 0.456. The van der Waals surface area contributed by atoms with Gasteiger partial charge in [0.25, 0.3) is 0 Å². The molecule has 0 unspecified atom stereocenters. The number of hydrogen-bond acceptors (Lipinski definition) is 4. The van der Waals surface area contributed by atoms with Crippen LogP contribution in [0.15, 0.2) is 60.8 Å². The minimum absolute atomic E-state index is 0.644. The molecular formula is C22H23N5. The maximum absolute atomic E-state index is 4.61. The Hall–Kier alpha value is -3.34. The molecule has 3 N–H and O–H groups in total. The van der Waals surface area contributed by atoms with Crippen LogP contribution >= 0.6 is 0 Å². The van der Waals surface area contributed by atoms with Crippen molar-refractivity contribution < 1.29 is 0 Å². The third-order valence-corrected chi connectivity index (χ3v) is 4.61. The molecule has 4 rings (SSSR count). The van der Waals surface area contributed by atoms with E-state index in [0.29, 0.717) is 5.95 Å². The third kappa shape index (κ3) is 3.92. The summed E-state index contributed by atoms with van der Waals surface area (Å²) >= 11 is 0. The van der Waals surface area contributed by atoms with E-state index < -0.39 is 0 Å². The Bertz CT molecular complexity index is 1070. The van der Waals surface area contributed by atoms with Gasteiger partial charge < -0.3 is 15.6 Å². The monoisotopic (exact) mass is 357 g/mol. The van der Waals surface area contributed by atoms with Gasteiger partial charge in [-0.1, -0.05) is 36.4 Å². The average molecular weight is 357 g/mol. The lowest BCUT2D eigenvalue weighted by Gasteiger charge is -2.11. The average Bonchev–Trinajstić information content (AvgIpc) is 3.07. The molecule has 0 saturated heterocycles. The Morgan fingerprint density at radius 3 is 2.67 bits per heavy atom. The Morgan fingerprint density at radius 2 is 1.78 bits per heavy atom. The van der Waals surface area contributed by atoms with Gasteiger partial charge in [0.05, 0.1) is 0 Å². The fourth-order valence-corrected chi connectivity index (χ4v) is 3.21. The lowest BCUT2D eigenvalue weighted by molar-refractivity contribution is 0.981. The van der Waals surface area contributed by atoms with Gasteiger partial charge in [-0.15, -0.1) is 0 Å². The number of H-pyrrole nitrogens is 1. The van der Waals surface area contributed by atoms with Crippen LogP contribution in [0.4, 0.5) is 17.5 Å². The number of fused-ring (bicyclic) bond motifs is 1. The van der Waals surface area contributed by atoms with Gasteiger partial charge in [-0.25, -0.2) is 4.98 Å². The molecule has 0 aliphatic heterocycles. The highest BCUT2D eigenvalue weighted by Crippen LogP contribution is 2.21. The molecule has 0 amide bonds. The van der Waals surface area contributed by atoms with Crippen molar-refractivity contribution in [1.29, 1.82) is 0 Å². The number of nitrogens with zero attached hydrogens (tertiary/aromatic N) is 2. The van der Waals surface area contributed by atoms with Gasteiger partial charge in [-0.2, -0.15) is 4.98 Å². The van der Waals surface area contributed by atoms with E-state index in [0.717, 1.165) is 30.2 Å². The highest BCUT2D eigenvalue weighted by atomic mass is 15.1. The molecule has 2 aromatic carbocycles. The summed E-state index contributed by atoms with van der Waals surface area (Å²) in [5.74, 6) is 1.44. The van der Waals surface area contributed by atoms with Crippen LogP contribution in [-0.2, 0) is 6.42 Å². The number of anilines is 3. The zero-order valence-electron chi connectivity index (χ0n) is 15.6.